The second kappa shape index (κ2) is 5.78. The van der Waals surface area contributed by atoms with Crippen molar-refractivity contribution in [1.82, 2.24) is 0 Å². The van der Waals surface area contributed by atoms with Crippen LogP contribution in [-0.4, -0.2) is 0 Å². The molecule has 0 N–H and O–H groups in total. The molecule has 3 nitrogen and oxygen atoms in total. The van der Waals surface area contributed by atoms with E-state index in [0.29, 0.717) is 16.9 Å². The lowest BCUT2D eigenvalue weighted by Gasteiger charge is -2.12. The van der Waals surface area contributed by atoms with Crippen molar-refractivity contribution < 1.29 is 13.5 Å². The molecule has 4 rings (SSSR count). The molecule has 0 atom stereocenters. The van der Waals surface area contributed by atoms with Crippen LogP contribution in [0.15, 0.2) is 45.6 Å². The highest BCUT2D eigenvalue weighted by molar-refractivity contribution is 5.86. The molecule has 0 fully saturated rings. The number of hydrogen-bond donors (Lipinski definition) is 0. The first-order valence-corrected chi connectivity index (χ1v) is 8.09. The molecule has 0 radical (unpaired) electrons. The zero-order chi connectivity index (χ0) is 16.7. The van der Waals surface area contributed by atoms with E-state index in [1.54, 1.807) is 18.2 Å². The van der Waals surface area contributed by atoms with Crippen molar-refractivity contribution in [2.24, 2.45) is 0 Å². The Morgan fingerprint density at radius 1 is 1.12 bits per heavy atom. The smallest absolute Gasteiger partial charge is 0.339 e. The number of halogens is 1. The van der Waals surface area contributed by atoms with Crippen LogP contribution in [0.5, 0.6) is 5.75 Å². The number of ether oxygens (including phenoxy) is 1. The van der Waals surface area contributed by atoms with E-state index >= 15 is 0 Å². The lowest BCUT2D eigenvalue weighted by Crippen LogP contribution is -2.08. The fourth-order valence-electron chi connectivity index (χ4n) is 3.39. The van der Waals surface area contributed by atoms with Crippen LogP contribution >= 0.6 is 0 Å². The largest absolute Gasteiger partial charge is 0.488 e. The van der Waals surface area contributed by atoms with Gasteiger partial charge < -0.3 is 9.15 Å². The fraction of sp³-hybridized carbons (Fsp3) is 0.250. The summed E-state index contributed by atoms with van der Waals surface area (Å²) in [7, 11) is 0. The van der Waals surface area contributed by atoms with E-state index in [0.717, 1.165) is 41.3 Å². The van der Waals surface area contributed by atoms with Gasteiger partial charge in [-0.3, -0.25) is 0 Å². The molecule has 1 aliphatic rings. The van der Waals surface area contributed by atoms with Gasteiger partial charge in [0, 0.05) is 22.1 Å². The van der Waals surface area contributed by atoms with Crippen molar-refractivity contribution in [3.63, 3.8) is 0 Å². The highest BCUT2D eigenvalue weighted by Crippen LogP contribution is 2.33. The first-order chi connectivity index (χ1) is 11.6. The van der Waals surface area contributed by atoms with Crippen molar-refractivity contribution >= 4 is 11.0 Å². The van der Waals surface area contributed by atoms with Gasteiger partial charge in [0.05, 0.1) is 0 Å². The van der Waals surface area contributed by atoms with E-state index in [9.17, 15) is 9.18 Å². The van der Waals surface area contributed by atoms with Gasteiger partial charge in [0.15, 0.2) is 0 Å². The molecule has 0 unspecified atom stereocenters. The molecule has 4 heteroatoms. The van der Waals surface area contributed by atoms with Crippen LogP contribution in [0.1, 0.15) is 28.7 Å². The second-order valence-corrected chi connectivity index (χ2v) is 6.15. The molecular weight excluding hydrogens is 307 g/mol. The molecule has 0 spiro atoms. The second-order valence-electron chi connectivity index (χ2n) is 6.15. The molecule has 24 heavy (non-hydrogen) atoms. The number of hydrogen-bond acceptors (Lipinski definition) is 3. The number of fused-ring (bicyclic) bond motifs is 3. The Morgan fingerprint density at radius 2 is 1.92 bits per heavy atom. The lowest BCUT2D eigenvalue weighted by atomic mass is 10.0. The van der Waals surface area contributed by atoms with Crippen LogP contribution in [0.4, 0.5) is 4.39 Å². The third kappa shape index (κ3) is 2.39. The predicted molar refractivity (Wildman–Crippen MR) is 90.0 cm³/mol. The Morgan fingerprint density at radius 3 is 2.75 bits per heavy atom. The molecule has 0 amide bonds. The lowest BCUT2D eigenvalue weighted by molar-refractivity contribution is 0.297. The van der Waals surface area contributed by atoms with Crippen LogP contribution < -0.4 is 10.4 Å². The third-order valence-electron chi connectivity index (χ3n) is 4.68. The van der Waals surface area contributed by atoms with Crippen LogP contribution in [0.2, 0.25) is 0 Å². The average Bonchev–Trinajstić information content (AvgIpc) is 3.07. The van der Waals surface area contributed by atoms with Gasteiger partial charge in [0.1, 0.15) is 23.8 Å². The van der Waals surface area contributed by atoms with Gasteiger partial charge in [-0.05, 0) is 49.9 Å². The molecule has 0 aliphatic heterocycles. The summed E-state index contributed by atoms with van der Waals surface area (Å²) in [6.45, 7) is 2.00. The standard InChI is InChI=1S/C20H17FO3/c1-12-18(23-11-13-5-2-3-8-17(13)21)10-9-15-14-6-4-7-16(14)20(22)24-19(12)15/h2-3,5,8-10H,4,6-7,11H2,1H3. The number of benzene rings is 2. The van der Waals surface area contributed by atoms with Gasteiger partial charge in [-0.2, -0.15) is 0 Å². The summed E-state index contributed by atoms with van der Waals surface area (Å²) in [5.41, 5.74) is 3.51. The van der Waals surface area contributed by atoms with Crippen molar-refractivity contribution in [3.05, 3.63) is 74.9 Å². The minimum atomic E-state index is -0.291. The molecule has 2 aromatic carbocycles. The van der Waals surface area contributed by atoms with E-state index in [4.69, 9.17) is 9.15 Å². The summed E-state index contributed by atoms with van der Waals surface area (Å²) in [5, 5.41) is 0.984. The minimum absolute atomic E-state index is 0.133. The van der Waals surface area contributed by atoms with Gasteiger partial charge in [0.25, 0.3) is 0 Å². The number of aryl methyl sites for hydroxylation is 2. The molecule has 1 heterocycles. The maximum Gasteiger partial charge on any atom is 0.339 e. The minimum Gasteiger partial charge on any atom is -0.488 e. The maximum atomic E-state index is 13.7. The monoisotopic (exact) mass is 324 g/mol. The molecule has 1 aromatic heterocycles. The predicted octanol–water partition coefficient (Wildman–Crippen LogP) is 4.31. The Labute approximate surface area is 138 Å². The van der Waals surface area contributed by atoms with Gasteiger partial charge in [-0.15, -0.1) is 0 Å². The van der Waals surface area contributed by atoms with Gasteiger partial charge in [0.2, 0.25) is 0 Å². The molecule has 0 bridgehead atoms. The van der Waals surface area contributed by atoms with Crippen molar-refractivity contribution in [3.8, 4) is 5.75 Å². The van der Waals surface area contributed by atoms with Crippen LogP contribution in [0.3, 0.4) is 0 Å². The van der Waals surface area contributed by atoms with Crippen LogP contribution in [-0.2, 0) is 19.4 Å². The van der Waals surface area contributed by atoms with Crippen LogP contribution in [0.25, 0.3) is 11.0 Å². The summed E-state index contributed by atoms with van der Waals surface area (Å²) in [6, 6.07) is 10.3. The van der Waals surface area contributed by atoms with Crippen molar-refractivity contribution in [1.29, 1.82) is 0 Å². The summed E-state index contributed by atoms with van der Waals surface area (Å²) in [6.07, 6.45) is 2.69. The topological polar surface area (TPSA) is 39.4 Å². The summed E-state index contributed by atoms with van der Waals surface area (Å²) in [4.78, 5) is 12.2. The fourth-order valence-corrected chi connectivity index (χ4v) is 3.39. The van der Waals surface area contributed by atoms with Gasteiger partial charge in [-0.1, -0.05) is 18.2 Å². The first kappa shape index (κ1) is 14.9. The maximum absolute atomic E-state index is 13.7. The van der Waals surface area contributed by atoms with E-state index in [1.807, 2.05) is 19.1 Å². The molecule has 3 aromatic rings. The highest BCUT2D eigenvalue weighted by Gasteiger charge is 2.21. The molecule has 0 saturated carbocycles. The quantitative estimate of drug-likeness (QED) is 0.674. The number of rotatable bonds is 3. The summed E-state index contributed by atoms with van der Waals surface area (Å²) in [5.74, 6) is 0.312. The van der Waals surface area contributed by atoms with E-state index < -0.39 is 0 Å². The molecule has 122 valence electrons. The first-order valence-electron chi connectivity index (χ1n) is 8.09. The zero-order valence-electron chi connectivity index (χ0n) is 13.4. The molecular formula is C20H17FO3. The van der Waals surface area contributed by atoms with Crippen LogP contribution in [0, 0.1) is 12.7 Å². The van der Waals surface area contributed by atoms with Gasteiger partial charge in [-0.25, -0.2) is 9.18 Å². The Kier molecular flexibility index (Phi) is 3.60. The highest BCUT2D eigenvalue weighted by atomic mass is 19.1. The summed E-state index contributed by atoms with van der Waals surface area (Å²) < 4.78 is 25.0. The SMILES string of the molecule is Cc1c(OCc2ccccc2F)ccc2c3c(c(=O)oc12)CCC3. The van der Waals surface area contributed by atoms with E-state index in [-0.39, 0.29) is 18.0 Å². The molecule has 0 saturated heterocycles. The zero-order valence-corrected chi connectivity index (χ0v) is 13.4. The van der Waals surface area contributed by atoms with Crippen molar-refractivity contribution in [2.75, 3.05) is 0 Å². The molecule has 1 aliphatic carbocycles. The van der Waals surface area contributed by atoms with E-state index in [2.05, 4.69) is 0 Å². The Balaban J connectivity index is 1.73. The summed E-state index contributed by atoms with van der Waals surface area (Å²) >= 11 is 0. The van der Waals surface area contributed by atoms with Crippen molar-refractivity contribution in [2.45, 2.75) is 32.8 Å². The van der Waals surface area contributed by atoms with Gasteiger partial charge >= 0.3 is 5.63 Å². The third-order valence-corrected chi connectivity index (χ3v) is 4.68. The normalized spacial score (nSPS) is 13.2. The Hall–Kier alpha value is -2.62. The van der Waals surface area contributed by atoms with E-state index in [1.165, 1.54) is 6.07 Å². The Bertz CT molecular complexity index is 988. The average molecular weight is 324 g/mol.